The zero-order chi connectivity index (χ0) is 11.5. The highest BCUT2D eigenvalue weighted by Gasteiger charge is 2.19. The molecule has 0 aliphatic rings. The molecule has 0 aliphatic carbocycles. The summed E-state index contributed by atoms with van der Waals surface area (Å²) >= 11 is 0. The van der Waals surface area contributed by atoms with Crippen LogP contribution in [-0.2, 0) is 6.54 Å². The third kappa shape index (κ3) is 3.67. The lowest BCUT2D eigenvalue weighted by Crippen LogP contribution is -2.29. The van der Waals surface area contributed by atoms with Gasteiger partial charge < -0.3 is 5.32 Å². The molecule has 0 saturated heterocycles. The van der Waals surface area contributed by atoms with Crippen LogP contribution in [0.5, 0.6) is 0 Å². The van der Waals surface area contributed by atoms with Crippen LogP contribution in [0, 0.1) is 18.3 Å². The molecule has 1 aromatic rings. The summed E-state index contributed by atoms with van der Waals surface area (Å²) in [6, 6.07) is 0. The van der Waals surface area contributed by atoms with Crippen LogP contribution in [0.1, 0.15) is 39.0 Å². The standard InChI is InChI=1S/C12H23N3/c1-9(12(3,4)5)6-13-7-11-8-14-15-10(11)2/h8-9,13H,6-7H2,1-5H3,(H,14,15). The largest absolute Gasteiger partial charge is 0.312 e. The summed E-state index contributed by atoms with van der Waals surface area (Å²) < 4.78 is 0. The van der Waals surface area contributed by atoms with Crippen molar-refractivity contribution in [2.45, 2.75) is 41.2 Å². The molecule has 0 saturated carbocycles. The van der Waals surface area contributed by atoms with Gasteiger partial charge in [-0.05, 0) is 24.8 Å². The van der Waals surface area contributed by atoms with Crippen LogP contribution in [-0.4, -0.2) is 16.7 Å². The molecule has 1 heterocycles. The fourth-order valence-electron chi connectivity index (χ4n) is 1.28. The Kier molecular flexibility index (Phi) is 3.91. The van der Waals surface area contributed by atoms with Gasteiger partial charge in [0.1, 0.15) is 0 Å². The maximum absolute atomic E-state index is 4.00. The third-order valence-electron chi connectivity index (χ3n) is 3.18. The lowest BCUT2D eigenvalue weighted by Gasteiger charge is -2.27. The zero-order valence-corrected chi connectivity index (χ0v) is 10.5. The fraction of sp³-hybridized carbons (Fsp3) is 0.750. The minimum Gasteiger partial charge on any atom is -0.312 e. The van der Waals surface area contributed by atoms with E-state index >= 15 is 0 Å². The van der Waals surface area contributed by atoms with Gasteiger partial charge in [0.05, 0.1) is 6.20 Å². The first-order valence-corrected chi connectivity index (χ1v) is 5.61. The van der Waals surface area contributed by atoms with Crippen molar-refractivity contribution in [1.82, 2.24) is 15.5 Å². The monoisotopic (exact) mass is 209 g/mol. The summed E-state index contributed by atoms with van der Waals surface area (Å²) in [4.78, 5) is 0. The van der Waals surface area contributed by atoms with Gasteiger partial charge in [0.2, 0.25) is 0 Å². The van der Waals surface area contributed by atoms with Gasteiger partial charge >= 0.3 is 0 Å². The van der Waals surface area contributed by atoms with E-state index in [1.165, 1.54) is 5.56 Å². The molecule has 1 aromatic heterocycles. The Morgan fingerprint density at radius 3 is 2.60 bits per heavy atom. The molecule has 0 aromatic carbocycles. The van der Waals surface area contributed by atoms with Gasteiger partial charge in [-0.1, -0.05) is 27.7 Å². The fourth-order valence-corrected chi connectivity index (χ4v) is 1.28. The SMILES string of the molecule is Cc1[nH]ncc1CNCC(C)C(C)(C)C. The van der Waals surface area contributed by atoms with E-state index in [1.54, 1.807) is 0 Å². The highest BCUT2D eigenvalue weighted by molar-refractivity contribution is 5.13. The Labute approximate surface area is 92.7 Å². The van der Waals surface area contributed by atoms with E-state index in [9.17, 15) is 0 Å². The van der Waals surface area contributed by atoms with E-state index in [4.69, 9.17) is 0 Å². The normalized spacial score (nSPS) is 14.2. The second-order valence-electron chi connectivity index (χ2n) is 5.42. The predicted molar refractivity (Wildman–Crippen MR) is 63.7 cm³/mol. The molecule has 1 atom stereocenters. The average molecular weight is 209 g/mol. The minimum atomic E-state index is 0.373. The molecular formula is C12H23N3. The van der Waals surface area contributed by atoms with Gasteiger partial charge in [-0.2, -0.15) is 5.10 Å². The number of hydrogen-bond donors (Lipinski definition) is 2. The molecule has 3 heteroatoms. The summed E-state index contributed by atoms with van der Waals surface area (Å²) in [5, 5.41) is 10.4. The molecule has 1 unspecified atom stereocenters. The average Bonchev–Trinajstić information content (AvgIpc) is 2.50. The van der Waals surface area contributed by atoms with Crippen LogP contribution >= 0.6 is 0 Å². The number of aromatic nitrogens is 2. The number of aryl methyl sites for hydroxylation is 1. The van der Waals surface area contributed by atoms with Crippen LogP contribution < -0.4 is 5.32 Å². The number of rotatable bonds is 4. The van der Waals surface area contributed by atoms with E-state index in [1.807, 2.05) is 6.20 Å². The van der Waals surface area contributed by atoms with E-state index in [-0.39, 0.29) is 0 Å². The van der Waals surface area contributed by atoms with Crippen molar-refractivity contribution in [2.24, 2.45) is 11.3 Å². The van der Waals surface area contributed by atoms with Crippen molar-refractivity contribution >= 4 is 0 Å². The Bertz CT molecular complexity index is 296. The van der Waals surface area contributed by atoms with Crippen LogP contribution in [0.3, 0.4) is 0 Å². The second kappa shape index (κ2) is 4.79. The quantitative estimate of drug-likeness (QED) is 0.800. The van der Waals surface area contributed by atoms with Gasteiger partial charge in [-0.25, -0.2) is 0 Å². The molecule has 0 spiro atoms. The molecule has 0 fully saturated rings. The first-order chi connectivity index (χ1) is 6.91. The lowest BCUT2D eigenvalue weighted by molar-refractivity contribution is 0.252. The molecule has 3 nitrogen and oxygen atoms in total. The van der Waals surface area contributed by atoms with Crippen molar-refractivity contribution < 1.29 is 0 Å². The molecule has 0 radical (unpaired) electrons. The van der Waals surface area contributed by atoms with Gasteiger partial charge in [0.15, 0.2) is 0 Å². The number of nitrogens with one attached hydrogen (secondary N) is 2. The summed E-state index contributed by atoms with van der Waals surface area (Å²) in [5.41, 5.74) is 2.79. The Morgan fingerprint density at radius 1 is 1.47 bits per heavy atom. The van der Waals surface area contributed by atoms with Gasteiger partial charge in [-0.3, -0.25) is 5.10 Å². The topological polar surface area (TPSA) is 40.7 Å². The molecule has 0 amide bonds. The maximum Gasteiger partial charge on any atom is 0.0535 e. The third-order valence-corrected chi connectivity index (χ3v) is 3.18. The Morgan fingerprint density at radius 2 is 2.13 bits per heavy atom. The molecule has 0 aliphatic heterocycles. The first kappa shape index (κ1) is 12.2. The van der Waals surface area contributed by atoms with Crippen molar-refractivity contribution in [2.75, 3.05) is 6.54 Å². The van der Waals surface area contributed by atoms with Gasteiger partial charge in [0, 0.05) is 17.8 Å². The van der Waals surface area contributed by atoms with Crippen molar-refractivity contribution in [3.63, 3.8) is 0 Å². The smallest absolute Gasteiger partial charge is 0.0535 e. The highest BCUT2D eigenvalue weighted by atomic mass is 15.1. The van der Waals surface area contributed by atoms with Crippen molar-refractivity contribution in [3.05, 3.63) is 17.5 Å². The van der Waals surface area contributed by atoms with Crippen molar-refractivity contribution in [1.29, 1.82) is 0 Å². The van der Waals surface area contributed by atoms with Crippen LogP contribution in [0.25, 0.3) is 0 Å². The molecule has 1 rings (SSSR count). The van der Waals surface area contributed by atoms with Crippen LogP contribution in [0.4, 0.5) is 0 Å². The molecule has 86 valence electrons. The predicted octanol–water partition coefficient (Wildman–Crippen LogP) is 2.49. The number of hydrogen-bond acceptors (Lipinski definition) is 2. The van der Waals surface area contributed by atoms with Crippen molar-refractivity contribution in [3.8, 4) is 0 Å². The molecule has 2 N–H and O–H groups in total. The van der Waals surface area contributed by atoms with Crippen LogP contribution in [0.2, 0.25) is 0 Å². The van der Waals surface area contributed by atoms with E-state index in [0.717, 1.165) is 18.8 Å². The summed E-state index contributed by atoms with van der Waals surface area (Å²) in [6.45, 7) is 13.1. The first-order valence-electron chi connectivity index (χ1n) is 5.61. The number of aromatic amines is 1. The lowest BCUT2D eigenvalue weighted by atomic mass is 9.82. The van der Waals surface area contributed by atoms with E-state index < -0.39 is 0 Å². The second-order valence-corrected chi connectivity index (χ2v) is 5.42. The Balaban J connectivity index is 2.31. The summed E-state index contributed by atoms with van der Waals surface area (Å²) in [7, 11) is 0. The summed E-state index contributed by atoms with van der Waals surface area (Å²) in [5.74, 6) is 0.671. The minimum absolute atomic E-state index is 0.373. The van der Waals surface area contributed by atoms with Crippen LogP contribution in [0.15, 0.2) is 6.20 Å². The van der Waals surface area contributed by atoms with Gasteiger partial charge in [-0.15, -0.1) is 0 Å². The number of H-pyrrole nitrogens is 1. The van der Waals surface area contributed by atoms with Gasteiger partial charge in [0.25, 0.3) is 0 Å². The maximum atomic E-state index is 4.00. The Hall–Kier alpha value is -0.830. The molecule has 15 heavy (non-hydrogen) atoms. The number of nitrogens with zero attached hydrogens (tertiary/aromatic N) is 1. The van der Waals surface area contributed by atoms with E-state index in [0.29, 0.717) is 11.3 Å². The molecular weight excluding hydrogens is 186 g/mol. The van der Waals surface area contributed by atoms with E-state index in [2.05, 4.69) is 50.1 Å². The highest BCUT2D eigenvalue weighted by Crippen LogP contribution is 2.24. The zero-order valence-electron chi connectivity index (χ0n) is 10.5. The molecule has 0 bridgehead atoms. The summed E-state index contributed by atoms with van der Waals surface area (Å²) in [6.07, 6.45) is 1.89.